The second kappa shape index (κ2) is 15.3. The molecule has 246 valence electrons. The molecular formula is C34H42FN5O5S. The van der Waals surface area contributed by atoms with E-state index in [-0.39, 0.29) is 22.7 Å². The second-order valence-corrected chi connectivity index (χ2v) is 13.8. The molecule has 0 spiro atoms. The lowest BCUT2D eigenvalue weighted by molar-refractivity contribution is -0.131. The maximum Gasteiger partial charge on any atom is 0.251 e. The van der Waals surface area contributed by atoms with E-state index < -0.39 is 45.8 Å². The highest BCUT2D eigenvalue weighted by Gasteiger charge is 2.25. The summed E-state index contributed by atoms with van der Waals surface area (Å²) < 4.78 is 39.3. The molecule has 1 aliphatic rings. The quantitative estimate of drug-likeness (QED) is 0.259. The van der Waals surface area contributed by atoms with Gasteiger partial charge in [-0.25, -0.2) is 12.8 Å². The van der Waals surface area contributed by atoms with E-state index in [4.69, 9.17) is 0 Å². The summed E-state index contributed by atoms with van der Waals surface area (Å²) in [5.41, 5.74) is 1.96. The summed E-state index contributed by atoms with van der Waals surface area (Å²) >= 11 is 0. The minimum atomic E-state index is -3.72. The largest absolute Gasteiger partial charge is 0.348 e. The fourth-order valence-electron chi connectivity index (χ4n) is 5.32. The Morgan fingerprint density at radius 2 is 1.48 bits per heavy atom. The number of hydrogen-bond donors (Lipinski definition) is 3. The average molecular weight is 652 g/mol. The Labute approximate surface area is 270 Å². The SMILES string of the molecule is C[C@H](NC[C@H](Cc1ccccc1)NC(=O)c1cc(C(=O)N[C@H](C)c2ccc(F)cc2)cc(N(C)S(C)(=O)=O)c1)C(=O)N1CCCC1. The van der Waals surface area contributed by atoms with Gasteiger partial charge >= 0.3 is 0 Å². The Bertz CT molecular complexity index is 1630. The van der Waals surface area contributed by atoms with E-state index in [2.05, 4.69) is 16.0 Å². The van der Waals surface area contributed by atoms with Crippen molar-refractivity contribution in [2.45, 2.75) is 51.2 Å². The number of nitrogens with zero attached hydrogens (tertiary/aromatic N) is 2. The molecule has 1 aliphatic heterocycles. The summed E-state index contributed by atoms with van der Waals surface area (Å²) in [4.78, 5) is 41.9. The Balaban J connectivity index is 1.57. The van der Waals surface area contributed by atoms with Crippen LogP contribution >= 0.6 is 0 Å². The molecule has 46 heavy (non-hydrogen) atoms. The van der Waals surface area contributed by atoms with Crippen LogP contribution in [0.4, 0.5) is 10.1 Å². The van der Waals surface area contributed by atoms with Crippen LogP contribution in [0.1, 0.15) is 64.6 Å². The molecule has 3 atom stereocenters. The molecule has 12 heteroatoms. The van der Waals surface area contributed by atoms with Crippen LogP contribution in [0.5, 0.6) is 0 Å². The number of halogens is 1. The van der Waals surface area contributed by atoms with Gasteiger partial charge in [0.25, 0.3) is 11.8 Å². The molecule has 3 aromatic carbocycles. The third-order valence-corrected chi connectivity index (χ3v) is 9.35. The van der Waals surface area contributed by atoms with Crippen LogP contribution in [0, 0.1) is 5.82 Å². The van der Waals surface area contributed by atoms with Gasteiger partial charge in [-0.3, -0.25) is 18.7 Å². The monoisotopic (exact) mass is 651 g/mol. The van der Waals surface area contributed by atoms with Crippen molar-refractivity contribution >= 4 is 33.4 Å². The fraction of sp³-hybridized carbons (Fsp3) is 0.382. The van der Waals surface area contributed by atoms with Gasteiger partial charge in [0.2, 0.25) is 15.9 Å². The van der Waals surface area contributed by atoms with Crippen molar-refractivity contribution in [2.24, 2.45) is 0 Å². The fourth-order valence-corrected chi connectivity index (χ4v) is 5.81. The first-order valence-electron chi connectivity index (χ1n) is 15.3. The number of nitrogens with one attached hydrogen (secondary N) is 3. The number of benzene rings is 3. The summed E-state index contributed by atoms with van der Waals surface area (Å²) in [7, 11) is -2.38. The lowest BCUT2D eigenvalue weighted by Crippen LogP contribution is -2.50. The molecule has 3 N–H and O–H groups in total. The van der Waals surface area contributed by atoms with Crippen LogP contribution < -0.4 is 20.3 Å². The van der Waals surface area contributed by atoms with E-state index >= 15 is 0 Å². The highest BCUT2D eigenvalue weighted by molar-refractivity contribution is 7.92. The average Bonchev–Trinajstić information content (AvgIpc) is 3.58. The number of carbonyl (C=O) groups excluding carboxylic acids is 3. The molecule has 1 heterocycles. The first-order chi connectivity index (χ1) is 21.8. The van der Waals surface area contributed by atoms with E-state index in [0.29, 0.717) is 18.5 Å². The van der Waals surface area contributed by atoms with E-state index in [0.717, 1.165) is 42.1 Å². The lowest BCUT2D eigenvalue weighted by atomic mass is 10.0. The predicted molar refractivity (Wildman–Crippen MR) is 177 cm³/mol. The Hall–Kier alpha value is -4.29. The number of hydrogen-bond acceptors (Lipinski definition) is 6. The predicted octanol–water partition coefficient (Wildman–Crippen LogP) is 3.65. The Morgan fingerprint density at radius 1 is 0.891 bits per heavy atom. The van der Waals surface area contributed by atoms with Gasteiger partial charge in [-0.15, -0.1) is 0 Å². The molecule has 0 aliphatic carbocycles. The zero-order valence-corrected chi connectivity index (χ0v) is 27.4. The maximum atomic E-state index is 13.8. The molecule has 0 radical (unpaired) electrons. The zero-order valence-electron chi connectivity index (χ0n) is 26.6. The van der Waals surface area contributed by atoms with Gasteiger partial charge in [0.05, 0.1) is 24.0 Å². The first kappa shape index (κ1) is 34.6. The minimum Gasteiger partial charge on any atom is -0.348 e. The number of amides is 3. The van der Waals surface area contributed by atoms with Crippen molar-refractivity contribution < 1.29 is 27.2 Å². The highest BCUT2D eigenvalue weighted by atomic mass is 32.2. The van der Waals surface area contributed by atoms with Crippen molar-refractivity contribution in [3.8, 4) is 0 Å². The molecular weight excluding hydrogens is 609 g/mol. The number of rotatable bonds is 13. The number of likely N-dealkylation sites (tertiary alicyclic amines) is 1. The standard InChI is InChI=1S/C34H42FN5O5S/c1-23(26-12-14-29(35)15-13-26)37-32(41)27-19-28(21-31(20-27)39(3)46(4,44)45)33(42)38-30(18-25-10-6-5-7-11-25)22-36-24(2)34(43)40-16-8-9-17-40/h5-7,10-15,19-21,23-24,30,36H,8-9,16-18,22H2,1-4H3,(H,37,41)(H,38,42)/t23-,24+,30+/m1/s1. The van der Waals surface area contributed by atoms with Crippen LogP contribution in [0.25, 0.3) is 0 Å². The molecule has 3 amide bonds. The van der Waals surface area contributed by atoms with Crippen LogP contribution in [0.2, 0.25) is 0 Å². The first-order valence-corrected chi connectivity index (χ1v) is 17.2. The molecule has 0 saturated carbocycles. The van der Waals surface area contributed by atoms with Crippen molar-refractivity contribution in [2.75, 3.05) is 37.2 Å². The summed E-state index contributed by atoms with van der Waals surface area (Å²) in [5, 5.41) is 9.14. The summed E-state index contributed by atoms with van der Waals surface area (Å²) in [6.45, 7) is 5.33. The van der Waals surface area contributed by atoms with Gasteiger partial charge in [0.15, 0.2) is 0 Å². The van der Waals surface area contributed by atoms with E-state index in [9.17, 15) is 27.2 Å². The van der Waals surface area contributed by atoms with Crippen molar-refractivity contribution in [1.82, 2.24) is 20.9 Å². The van der Waals surface area contributed by atoms with E-state index in [1.807, 2.05) is 42.2 Å². The third-order valence-electron chi connectivity index (χ3n) is 8.14. The molecule has 0 bridgehead atoms. The minimum absolute atomic E-state index is 0.0179. The third kappa shape index (κ3) is 9.37. The number of carbonyl (C=O) groups is 3. The summed E-state index contributed by atoms with van der Waals surface area (Å²) in [5.74, 6) is -1.43. The molecule has 0 aromatic heterocycles. The van der Waals surface area contributed by atoms with Gasteiger partial charge in [-0.05, 0) is 74.6 Å². The van der Waals surface area contributed by atoms with Crippen molar-refractivity contribution in [3.63, 3.8) is 0 Å². The van der Waals surface area contributed by atoms with Crippen LogP contribution in [-0.4, -0.2) is 76.1 Å². The van der Waals surface area contributed by atoms with Crippen LogP contribution in [-0.2, 0) is 21.2 Å². The molecule has 3 aromatic rings. The van der Waals surface area contributed by atoms with Crippen molar-refractivity contribution in [3.05, 3.63) is 101 Å². The zero-order chi connectivity index (χ0) is 33.4. The van der Waals surface area contributed by atoms with Gasteiger partial charge in [0.1, 0.15) is 5.82 Å². The molecule has 10 nitrogen and oxygen atoms in total. The van der Waals surface area contributed by atoms with Gasteiger partial charge in [-0.2, -0.15) is 0 Å². The molecule has 1 saturated heterocycles. The van der Waals surface area contributed by atoms with E-state index in [1.54, 1.807) is 19.1 Å². The number of sulfonamides is 1. The lowest BCUT2D eigenvalue weighted by Gasteiger charge is -2.25. The Morgan fingerprint density at radius 3 is 2.07 bits per heavy atom. The van der Waals surface area contributed by atoms with E-state index in [1.165, 1.54) is 37.4 Å². The topological polar surface area (TPSA) is 128 Å². The normalized spacial score (nSPS) is 15.1. The van der Waals surface area contributed by atoms with Gasteiger partial charge in [-0.1, -0.05) is 42.5 Å². The smallest absolute Gasteiger partial charge is 0.251 e. The number of anilines is 1. The highest BCUT2D eigenvalue weighted by Crippen LogP contribution is 2.22. The maximum absolute atomic E-state index is 13.8. The van der Waals surface area contributed by atoms with Crippen molar-refractivity contribution in [1.29, 1.82) is 0 Å². The van der Waals surface area contributed by atoms with Crippen LogP contribution in [0.3, 0.4) is 0 Å². The Kier molecular flexibility index (Phi) is 11.5. The van der Waals surface area contributed by atoms with Gasteiger partial charge < -0.3 is 20.9 Å². The summed E-state index contributed by atoms with van der Waals surface area (Å²) in [6, 6.07) is 18.2. The molecule has 1 fully saturated rings. The second-order valence-electron chi connectivity index (χ2n) is 11.8. The summed E-state index contributed by atoms with van der Waals surface area (Å²) in [6.07, 6.45) is 3.48. The molecule has 0 unspecified atom stereocenters. The van der Waals surface area contributed by atoms with Gasteiger partial charge in [0, 0.05) is 43.9 Å². The van der Waals surface area contributed by atoms with Crippen LogP contribution in [0.15, 0.2) is 72.8 Å². The molecule has 4 rings (SSSR count).